The molecular weight excluding hydrogens is 346 g/mol. The number of nitrogens with zero attached hydrogens (tertiary/aromatic N) is 2. The van der Waals surface area contributed by atoms with E-state index in [2.05, 4.69) is 52.0 Å². The zero-order valence-electron chi connectivity index (χ0n) is 13.5. The van der Waals surface area contributed by atoms with Gasteiger partial charge >= 0.3 is 0 Å². The predicted molar refractivity (Wildman–Crippen MR) is 96.1 cm³/mol. The molecule has 1 atom stereocenters. The largest absolute Gasteiger partial charge is 0.313 e. The summed E-state index contributed by atoms with van der Waals surface area (Å²) in [6.45, 7) is 5.40. The first kappa shape index (κ1) is 17.4. The quantitative estimate of drug-likeness (QED) is 0.744. The molecular formula is C16H28BrN3S. The lowest BCUT2D eigenvalue weighted by Gasteiger charge is -2.20. The van der Waals surface area contributed by atoms with Gasteiger partial charge < -0.3 is 5.32 Å². The Kier molecular flexibility index (Phi) is 7.10. The van der Waals surface area contributed by atoms with Crippen molar-refractivity contribution in [2.75, 3.05) is 12.3 Å². The summed E-state index contributed by atoms with van der Waals surface area (Å²) in [7, 11) is 2.05. The lowest BCUT2D eigenvalue weighted by Crippen LogP contribution is -2.35. The highest BCUT2D eigenvalue weighted by Gasteiger charge is 2.20. The van der Waals surface area contributed by atoms with Crippen molar-refractivity contribution < 1.29 is 0 Å². The molecule has 3 nitrogen and oxygen atoms in total. The molecule has 1 fully saturated rings. The van der Waals surface area contributed by atoms with E-state index in [-0.39, 0.29) is 0 Å². The van der Waals surface area contributed by atoms with E-state index in [1.807, 2.05) is 11.7 Å². The summed E-state index contributed by atoms with van der Waals surface area (Å²) in [5.41, 5.74) is 2.40. The summed E-state index contributed by atoms with van der Waals surface area (Å²) < 4.78 is 3.21. The second-order valence-corrected chi connectivity index (χ2v) is 8.19. The molecule has 120 valence electrons. The molecule has 1 aliphatic rings. The van der Waals surface area contributed by atoms with Crippen LogP contribution < -0.4 is 5.32 Å². The molecule has 5 heteroatoms. The Bertz CT molecular complexity index is 441. The van der Waals surface area contributed by atoms with Crippen molar-refractivity contribution in [2.24, 2.45) is 7.05 Å². The van der Waals surface area contributed by atoms with Crippen molar-refractivity contribution >= 4 is 27.7 Å². The summed E-state index contributed by atoms with van der Waals surface area (Å²) in [4.78, 5) is 0. The lowest BCUT2D eigenvalue weighted by molar-refractivity contribution is 0.530. The first-order valence-corrected chi connectivity index (χ1v) is 9.99. The number of hydrogen-bond donors (Lipinski definition) is 1. The number of thioether (sulfide) groups is 1. The zero-order chi connectivity index (χ0) is 15.2. The van der Waals surface area contributed by atoms with Crippen LogP contribution in [0, 0.1) is 6.92 Å². The van der Waals surface area contributed by atoms with Crippen LogP contribution in [0.15, 0.2) is 4.47 Å². The Labute approximate surface area is 141 Å². The van der Waals surface area contributed by atoms with Crippen molar-refractivity contribution in [3.05, 3.63) is 15.9 Å². The van der Waals surface area contributed by atoms with E-state index in [1.165, 1.54) is 48.0 Å². The molecule has 1 heterocycles. The summed E-state index contributed by atoms with van der Waals surface area (Å²) in [6.07, 6.45) is 7.93. The van der Waals surface area contributed by atoms with E-state index in [9.17, 15) is 0 Å². The fraction of sp³-hybridized carbons (Fsp3) is 0.812. The summed E-state index contributed by atoms with van der Waals surface area (Å²) in [5, 5.41) is 9.14. The van der Waals surface area contributed by atoms with E-state index in [1.54, 1.807) is 0 Å². The van der Waals surface area contributed by atoms with Crippen LogP contribution >= 0.6 is 27.7 Å². The topological polar surface area (TPSA) is 29.9 Å². The van der Waals surface area contributed by atoms with Crippen molar-refractivity contribution in [1.29, 1.82) is 0 Å². The molecule has 1 aliphatic carbocycles. The van der Waals surface area contributed by atoms with Crippen LogP contribution in [0.5, 0.6) is 0 Å². The van der Waals surface area contributed by atoms with Gasteiger partial charge in [-0.3, -0.25) is 4.68 Å². The SMILES string of the molecule is CCCNC(CSC1CCCC1)Cc1c(Br)c(C)nn1C. The van der Waals surface area contributed by atoms with Gasteiger partial charge in [0.1, 0.15) is 0 Å². The highest BCUT2D eigenvalue weighted by atomic mass is 79.9. The molecule has 0 amide bonds. The third-order valence-corrected chi connectivity index (χ3v) is 6.79. The van der Waals surface area contributed by atoms with Crippen LogP contribution in [0.3, 0.4) is 0 Å². The minimum atomic E-state index is 0.543. The van der Waals surface area contributed by atoms with Gasteiger partial charge in [-0.2, -0.15) is 16.9 Å². The van der Waals surface area contributed by atoms with Crippen LogP contribution in [-0.4, -0.2) is 33.4 Å². The molecule has 1 saturated carbocycles. The van der Waals surface area contributed by atoms with Gasteiger partial charge in [0.05, 0.1) is 15.9 Å². The fourth-order valence-corrected chi connectivity index (χ4v) is 4.89. The van der Waals surface area contributed by atoms with Crippen molar-refractivity contribution in [1.82, 2.24) is 15.1 Å². The Balaban J connectivity index is 1.94. The fourth-order valence-electron chi connectivity index (χ4n) is 2.98. The van der Waals surface area contributed by atoms with Crippen LogP contribution in [0.25, 0.3) is 0 Å². The Morgan fingerprint density at radius 2 is 2.14 bits per heavy atom. The Hall–Kier alpha value is 0. The number of halogens is 1. The smallest absolute Gasteiger partial charge is 0.0738 e. The molecule has 0 bridgehead atoms. The van der Waals surface area contributed by atoms with Gasteiger partial charge in [-0.15, -0.1) is 0 Å². The molecule has 1 aromatic rings. The van der Waals surface area contributed by atoms with Crippen molar-refractivity contribution in [3.63, 3.8) is 0 Å². The van der Waals surface area contributed by atoms with Gasteiger partial charge in [0, 0.05) is 30.5 Å². The highest BCUT2D eigenvalue weighted by molar-refractivity contribution is 9.10. The normalized spacial score (nSPS) is 17.5. The van der Waals surface area contributed by atoms with Crippen LogP contribution in [0.2, 0.25) is 0 Å². The summed E-state index contributed by atoms with van der Waals surface area (Å²) in [6, 6.07) is 0.543. The van der Waals surface area contributed by atoms with Crippen molar-refractivity contribution in [2.45, 2.75) is 63.7 Å². The number of nitrogens with one attached hydrogen (secondary N) is 1. The summed E-state index contributed by atoms with van der Waals surface area (Å²) in [5.74, 6) is 1.21. The number of aryl methyl sites for hydroxylation is 2. The molecule has 21 heavy (non-hydrogen) atoms. The Morgan fingerprint density at radius 1 is 1.43 bits per heavy atom. The third-order valence-electron chi connectivity index (χ3n) is 4.22. The molecule has 0 aromatic carbocycles. The predicted octanol–water partition coefficient (Wildman–Crippen LogP) is 4.08. The zero-order valence-corrected chi connectivity index (χ0v) is 15.9. The second kappa shape index (κ2) is 8.59. The number of aromatic nitrogens is 2. The monoisotopic (exact) mass is 373 g/mol. The minimum Gasteiger partial charge on any atom is -0.313 e. The molecule has 0 spiro atoms. The number of hydrogen-bond acceptors (Lipinski definition) is 3. The first-order valence-electron chi connectivity index (χ1n) is 8.14. The van der Waals surface area contributed by atoms with Gasteiger partial charge in [-0.1, -0.05) is 19.8 Å². The highest BCUT2D eigenvalue weighted by Crippen LogP contribution is 2.30. The minimum absolute atomic E-state index is 0.543. The maximum atomic E-state index is 4.52. The molecule has 1 N–H and O–H groups in total. The van der Waals surface area contributed by atoms with Gasteiger partial charge in [-0.05, 0) is 48.7 Å². The van der Waals surface area contributed by atoms with E-state index in [0.717, 1.165) is 23.9 Å². The molecule has 0 saturated heterocycles. The first-order chi connectivity index (χ1) is 10.1. The molecule has 0 aliphatic heterocycles. The molecule has 1 unspecified atom stereocenters. The van der Waals surface area contributed by atoms with Crippen molar-refractivity contribution in [3.8, 4) is 0 Å². The van der Waals surface area contributed by atoms with Crippen LogP contribution in [0.1, 0.15) is 50.4 Å². The van der Waals surface area contributed by atoms with E-state index in [4.69, 9.17) is 0 Å². The molecule has 0 radical (unpaired) electrons. The average Bonchev–Trinajstić information content (AvgIpc) is 3.05. The van der Waals surface area contributed by atoms with E-state index >= 15 is 0 Å². The lowest BCUT2D eigenvalue weighted by atomic mass is 10.1. The average molecular weight is 374 g/mol. The van der Waals surface area contributed by atoms with E-state index in [0.29, 0.717) is 6.04 Å². The standard InChI is InChI=1S/C16H28BrN3S/c1-4-9-18-13(11-21-14-7-5-6-8-14)10-15-16(17)12(2)19-20(15)3/h13-14,18H,4-11H2,1-3H3. The van der Waals surface area contributed by atoms with Gasteiger partial charge in [0.25, 0.3) is 0 Å². The molecule has 2 rings (SSSR count). The third kappa shape index (κ3) is 5.00. The Morgan fingerprint density at radius 3 is 2.71 bits per heavy atom. The number of rotatable bonds is 8. The maximum Gasteiger partial charge on any atom is 0.0738 e. The summed E-state index contributed by atoms with van der Waals surface area (Å²) >= 11 is 5.87. The van der Waals surface area contributed by atoms with Crippen LogP contribution in [-0.2, 0) is 13.5 Å². The maximum absolute atomic E-state index is 4.52. The van der Waals surface area contributed by atoms with E-state index < -0.39 is 0 Å². The van der Waals surface area contributed by atoms with Gasteiger partial charge in [0.2, 0.25) is 0 Å². The van der Waals surface area contributed by atoms with Gasteiger partial charge in [-0.25, -0.2) is 0 Å². The van der Waals surface area contributed by atoms with Crippen LogP contribution in [0.4, 0.5) is 0 Å². The second-order valence-electron chi connectivity index (χ2n) is 6.06. The molecule has 1 aromatic heterocycles. The van der Waals surface area contributed by atoms with Gasteiger partial charge in [0.15, 0.2) is 0 Å².